The molecule has 0 saturated heterocycles. The van der Waals surface area contributed by atoms with Gasteiger partial charge in [-0.3, -0.25) is 9.59 Å². The van der Waals surface area contributed by atoms with Gasteiger partial charge in [-0.15, -0.1) is 10.2 Å². The van der Waals surface area contributed by atoms with Gasteiger partial charge in [-0.2, -0.15) is 0 Å². The minimum Gasteiger partial charge on any atom is -0.348 e. The second-order valence-corrected chi connectivity index (χ2v) is 7.98. The highest BCUT2D eigenvalue weighted by atomic mass is 32.2. The van der Waals surface area contributed by atoms with Gasteiger partial charge in [0.05, 0.1) is 18.8 Å². The summed E-state index contributed by atoms with van der Waals surface area (Å²) in [6.07, 6.45) is 2.28. The lowest BCUT2D eigenvalue weighted by atomic mass is 10.1. The predicted molar refractivity (Wildman–Crippen MR) is 112 cm³/mol. The molecular formula is C22H22N4O2S. The maximum Gasteiger partial charge on any atom is 0.230 e. The number of hydrogen-bond donors (Lipinski definition) is 1. The molecule has 0 unspecified atom stereocenters. The molecule has 0 spiro atoms. The summed E-state index contributed by atoms with van der Waals surface area (Å²) >= 11 is 1.35. The van der Waals surface area contributed by atoms with Gasteiger partial charge >= 0.3 is 0 Å². The van der Waals surface area contributed by atoms with Gasteiger partial charge in [-0.25, -0.2) is 0 Å². The Hall–Kier alpha value is -2.93. The van der Waals surface area contributed by atoms with Crippen molar-refractivity contribution in [3.63, 3.8) is 0 Å². The van der Waals surface area contributed by atoms with Crippen molar-refractivity contribution in [2.24, 2.45) is 0 Å². The summed E-state index contributed by atoms with van der Waals surface area (Å²) in [5, 5.41) is 12.1. The first-order valence-electron chi connectivity index (χ1n) is 9.65. The Morgan fingerprint density at radius 2 is 1.69 bits per heavy atom. The largest absolute Gasteiger partial charge is 0.348 e. The Morgan fingerprint density at radius 3 is 2.38 bits per heavy atom. The zero-order valence-electron chi connectivity index (χ0n) is 16.0. The van der Waals surface area contributed by atoms with Crippen molar-refractivity contribution in [2.45, 2.75) is 30.5 Å². The fourth-order valence-corrected chi connectivity index (χ4v) is 3.83. The molecule has 1 aliphatic carbocycles. The van der Waals surface area contributed by atoms with Crippen molar-refractivity contribution in [3.05, 3.63) is 77.6 Å². The minimum absolute atomic E-state index is 0.00651. The summed E-state index contributed by atoms with van der Waals surface area (Å²) < 4.78 is 2.11. The number of carbonyl (C=O) groups is 2. The number of Topliss-reactive ketones (excluding diaryl/α,β-unsaturated/α-hetero) is 1. The topological polar surface area (TPSA) is 76.9 Å². The number of rotatable bonds is 9. The van der Waals surface area contributed by atoms with Crippen LogP contribution in [0.5, 0.6) is 0 Å². The third-order valence-electron chi connectivity index (χ3n) is 4.75. The third kappa shape index (κ3) is 5.12. The summed E-state index contributed by atoms with van der Waals surface area (Å²) in [6, 6.07) is 19.1. The van der Waals surface area contributed by atoms with Gasteiger partial charge in [-0.05, 0) is 18.4 Å². The molecule has 1 heterocycles. The lowest BCUT2D eigenvalue weighted by Crippen LogP contribution is -2.31. The predicted octanol–water partition coefficient (Wildman–Crippen LogP) is 3.30. The van der Waals surface area contributed by atoms with E-state index in [0.717, 1.165) is 23.8 Å². The molecule has 1 N–H and O–H groups in total. The van der Waals surface area contributed by atoms with Crippen LogP contribution in [-0.2, 0) is 11.3 Å². The van der Waals surface area contributed by atoms with Crippen molar-refractivity contribution in [3.8, 4) is 0 Å². The molecule has 1 aliphatic rings. The standard InChI is InChI=1S/C22H22N4O2S/c27-19(17-9-5-2-6-10-17)13-23-20(28)15-29-22-25-24-21(18-11-12-18)26(22)14-16-7-3-1-4-8-16/h1-10,18H,11-15H2,(H,23,28). The second kappa shape index (κ2) is 9.05. The van der Waals surface area contributed by atoms with Crippen LogP contribution in [0.2, 0.25) is 0 Å². The second-order valence-electron chi connectivity index (χ2n) is 7.04. The molecule has 1 fully saturated rings. The Balaban J connectivity index is 1.35. The quantitative estimate of drug-likeness (QED) is 0.436. The molecule has 3 aromatic rings. The van der Waals surface area contributed by atoms with E-state index in [1.54, 1.807) is 12.1 Å². The molecule has 1 saturated carbocycles. The average Bonchev–Trinajstić information content (AvgIpc) is 3.53. The molecule has 2 aromatic carbocycles. The highest BCUT2D eigenvalue weighted by Gasteiger charge is 2.30. The van der Waals surface area contributed by atoms with Gasteiger partial charge in [0.1, 0.15) is 5.82 Å². The summed E-state index contributed by atoms with van der Waals surface area (Å²) in [7, 11) is 0. The van der Waals surface area contributed by atoms with Crippen LogP contribution in [-0.4, -0.2) is 38.8 Å². The van der Waals surface area contributed by atoms with Crippen LogP contribution in [0.25, 0.3) is 0 Å². The van der Waals surface area contributed by atoms with Gasteiger partial charge in [0.25, 0.3) is 0 Å². The number of carbonyl (C=O) groups excluding carboxylic acids is 2. The smallest absolute Gasteiger partial charge is 0.230 e. The number of hydrogen-bond acceptors (Lipinski definition) is 5. The Morgan fingerprint density at radius 1 is 1.00 bits per heavy atom. The van der Waals surface area contributed by atoms with Gasteiger partial charge < -0.3 is 9.88 Å². The fraction of sp³-hybridized carbons (Fsp3) is 0.273. The van der Waals surface area contributed by atoms with E-state index in [4.69, 9.17) is 0 Å². The van der Waals surface area contributed by atoms with Crippen molar-refractivity contribution in [1.29, 1.82) is 0 Å². The summed E-state index contributed by atoms with van der Waals surface area (Å²) in [5.74, 6) is 1.36. The Labute approximate surface area is 173 Å². The molecule has 0 bridgehead atoms. The van der Waals surface area contributed by atoms with Crippen molar-refractivity contribution in [2.75, 3.05) is 12.3 Å². The average molecular weight is 407 g/mol. The van der Waals surface area contributed by atoms with Crippen molar-refractivity contribution in [1.82, 2.24) is 20.1 Å². The number of benzene rings is 2. The number of nitrogens with zero attached hydrogens (tertiary/aromatic N) is 3. The molecule has 0 radical (unpaired) electrons. The molecule has 0 atom stereocenters. The zero-order valence-corrected chi connectivity index (χ0v) is 16.8. The number of aromatic nitrogens is 3. The fourth-order valence-electron chi connectivity index (χ4n) is 3.05. The van der Waals surface area contributed by atoms with Crippen molar-refractivity contribution >= 4 is 23.5 Å². The molecule has 148 valence electrons. The van der Waals surface area contributed by atoms with Crippen LogP contribution in [0.4, 0.5) is 0 Å². The maximum atomic E-state index is 12.2. The summed E-state index contributed by atoms with van der Waals surface area (Å²) in [4.78, 5) is 24.4. The van der Waals surface area contributed by atoms with Crippen LogP contribution in [0.1, 0.15) is 40.5 Å². The van der Waals surface area contributed by atoms with E-state index >= 15 is 0 Å². The normalized spacial score (nSPS) is 13.2. The number of amides is 1. The molecule has 29 heavy (non-hydrogen) atoms. The molecule has 0 aliphatic heterocycles. The van der Waals surface area contributed by atoms with Gasteiger partial charge in [0, 0.05) is 11.5 Å². The monoisotopic (exact) mass is 406 g/mol. The molecule has 7 heteroatoms. The number of thioether (sulfide) groups is 1. The highest BCUT2D eigenvalue weighted by molar-refractivity contribution is 7.99. The molecular weight excluding hydrogens is 384 g/mol. The maximum absolute atomic E-state index is 12.2. The molecule has 1 aromatic heterocycles. The highest BCUT2D eigenvalue weighted by Crippen LogP contribution is 2.40. The SMILES string of the molecule is O=C(CSc1nnc(C2CC2)n1Cc1ccccc1)NCC(=O)c1ccccc1. The van der Waals surface area contributed by atoms with Gasteiger partial charge in [0.2, 0.25) is 5.91 Å². The van der Waals surface area contributed by atoms with E-state index in [1.165, 1.54) is 17.3 Å². The van der Waals surface area contributed by atoms with Gasteiger partial charge in [-0.1, -0.05) is 72.4 Å². The van der Waals surface area contributed by atoms with E-state index in [1.807, 2.05) is 36.4 Å². The third-order valence-corrected chi connectivity index (χ3v) is 5.71. The van der Waals surface area contributed by atoms with E-state index in [0.29, 0.717) is 18.0 Å². The van der Waals surface area contributed by atoms with Crippen molar-refractivity contribution < 1.29 is 9.59 Å². The first-order chi connectivity index (χ1) is 14.2. The molecule has 1 amide bonds. The lowest BCUT2D eigenvalue weighted by molar-refractivity contribution is -0.118. The van der Waals surface area contributed by atoms with Gasteiger partial charge in [0.15, 0.2) is 10.9 Å². The minimum atomic E-state index is -0.193. The van der Waals surface area contributed by atoms with Crippen LogP contribution in [0, 0.1) is 0 Å². The molecule has 4 rings (SSSR count). The number of nitrogens with one attached hydrogen (secondary N) is 1. The van der Waals surface area contributed by atoms with E-state index in [9.17, 15) is 9.59 Å². The van der Waals surface area contributed by atoms with E-state index in [2.05, 4.69) is 32.2 Å². The van der Waals surface area contributed by atoms with Crippen LogP contribution < -0.4 is 5.32 Å². The van der Waals surface area contributed by atoms with E-state index in [-0.39, 0.29) is 24.0 Å². The lowest BCUT2D eigenvalue weighted by Gasteiger charge is -2.10. The number of ketones is 1. The summed E-state index contributed by atoms with van der Waals surface area (Å²) in [5.41, 5.74) is 1.77. The van der Waals surface area contributed by atoms with Crippen LogP contribution in [0.15, 0.2) is 65.8 Å². The summed E-state index contributed by atoms with van der Waals surface area (Å²) in [6.45, 7) is 0.684. The van der Waals surface area contributed by atoms with E-state index < -0.39 is 0 Å². The van der Waals surface area contributed by atoms with Crippen LogP contribution in [0.3, 0.4) is 0 Å². The zero-order chi connectivity index (χ0) is 20.1. The molecule has 6 nitrogen and oxygen atoms in total. The van der Waals surface area contributed by atoms with Crippen LogP contribution >= 0.6 is 11.8 Å². The first-order valence-corrected chi connectivity index (χ1v) is 10.6. The Kier molecular flexibility index (Phi) is 6.05. The Bertz CT molecular complexity index is 985. The first kappa shape index (κ1) is 19.4.